The number of nitrogens with zero attached hydrogens (tertiary/aromatic N) is 2. The minimum atomic E-state index is -1.15. The number of unbranched alkanes of at least 4 members (excludes halogenated alkanes) is 12. The number of amides is 4. The molecule has 1 heterocycles. The van der Waals surface area contributed by atoms with Gasteiger partial charge in [0.25, 0.3) is 0 Å². The van der Waals surface area contributed by atoms with E-state index in [-0.39, 0.29) is 72.9 Å². The summed E-state index contributed by atoms with van der Waals surface area (Å²) < 4.78 is 0. The molecule has 2 aromatic carbocycles. The zero-order valence-electron chi connectivity index (χ0n) is 38.9. The zero-order valence-corrected chi connectivity index (χ0v) is 38.9. The van der Waals surface area contributed by atoms with Crippen LogP contribution in [-0.4, -0.2) is 99.6 Å². The van der Waals surface area contributed by atoms with Crippen LogP contribution in [0.15, 0.2) is 36.4 Å². The molecule has 5 N–H and O–H groups in total. The number of aromatic hydroxyl groups is 2. The summed E-state index contributed by atoms with van der Waals surface area (Å²) in [5.74, 6) is -3.57. The number of rotatable bonds is 25. The molecule has 0 spiro atoms. The zero-order chi connectivity index (χ0) is 46.5. The molecule has 0 aromatic heterocycles. The van der Waals surface area contributed by atoms with Crippen LogP contribution in [-0.2, 0) is 35.2 Å². The van der Waals surface area contributed by atoms with Crippen LogP contribution in [0.3, 0.4) is 0 Å². The molecule has 3 rings (SSSR count). The number of aliphatic hydroxyl groups excluding tert-OH is 1. The number of hydrogen-bond donors (Lipinski definition) is 5. The molecule has 0 saturated carbocycles. The average Bonchev–Trinajstić information content (AvgIpc) is 3.25. The normalized spacial score (nSPS) is 17.5. The molecule has 13 nitrogen and oxygen atoms in total. The van der Waals surface area contributed by atoms with Crippen LogP contribution >= 0.6 is 0 Å². The first kappa shape index (κ1) is 52.6. The third kappa shape index (κ3) is 17.0. The highest BCUT2D eigenvalue weighted by Gasteiger charge is 2.33. The van der Waals surface area contributed by atoms with Crippen LogP contribution in [0.4, 0.5) is 0 Å². The summed E-state index contributed by atoms with van der Waals surface area (Å²) in [5.41, 5.74) is 1.79. The maximum absolute atomic E-state index is 14.0. The van der Waals surface area contributed by atoms with Crippen molar-refractivity contribution in [3.05, 3.63) is 47.5 Å². The van der Waals surface area contributed by atoms with Crippen LogP contribution in [0.5, 0.6) is 11.5 Å². The third-order valence-corrected chi connectivity index (χ3v) is 12.5. The first-order valence-electron chi connectivity index (χ1n) is 23.5. The smallest absolute Gasteiger partial charge is 0.245 e. The number of carbonyl (C=O) groups excluding carboxylic acids is 6. The highest BCUT2D eigenvalue weighted by Crippen LogP contribution is 2.39. The number of phenols is 2. The molecule has 63 heavy (non-hydrogen) atoms. The second kappa shape index (κ2) is 27.4. The first-order chi connectivity index (χ1) is 30.1. The molecular weight excluding hydrogens is 801 g/mol. The number of phenolic OH excluding ortho intramolecular Hbond substituents is 2. The second-order valence-electron chi connectivity index (χ2n) is 17.9. The molecule has 4 bridgehead atoms. The fourth-order valence-corrected chi connectivity index (χ4v) is 8.30. The van der Waals surface area contributed by atoms with Gasteiger partial charge in [0, 0.05) is 75.3 Å². The Morgan fingerprint density at radius 3 is 1.94 bits per heavy atom. The van der Waals surface area contributed by atoms with Crippen molar-refractivity contribution in [1.82, 2.24) is 20.4 Å². The minimum absolute atomic E-state index is 0.0887. The number of nitrogens with one attached hydrogen (secondary N) is 2. The van der Waals surface area contributed by atoms with Crippen molar-refractivity contribution >= 4 is 35.2 Å². The summed E-state index contributed by atoms with van der Waals surface area (Å²) in [6, 6.07) is 6.99. The summed E-state index contributed by atoms with van der Waals surface area (Å²) in [7, 11) is 2.98. The van der Waals surface area contributed by atoms with Crippen LogP contribution < -0.4 is 10.6 Å². The topological polar surface area (TPSA) is 194 Å². The summed E-state index contributed by atoms with van der Waals surface area (Å²) >= 11 is 0. The van der Waals surface area contributed by atoms with E-state index < -0.39 is 48.1 Å². The van der Waals surface area contributed by atoms with Gasteiger partial charge in [0.05, 0.1) is 6.61 Å². The maximum Gasteiger partial charge on any atom is 0.245 e. The molecular formula is C50H76N4O9. The third-order valence-electron chi connectivity index (χ3n) is 12.5. The fourth-order valence-electron chi connectivity index (χ4n) is 8.30. The quantitative estimate of drug-likeness (QED) is 0.0622. The van der Waals surface area contributed by atoms with Crippen LogP contribution in [0, 0.1) is 11.8 Å². The standard InChI is InChI=1S/C50H76N4O9/c1-7-8-9-10-11-12-13-14-15-16-17-18-19-20-46(60)53(5)41(33-55)50(63)51-28-27-34(2)42(56)25-26-47(61)54(6)48-38-22-24-44(58)40(32-38)39-31-37(21-23-43(39)57)30-36(4)52-49(62)35(3)29-45(48)59/h21-24,31-32,34-36,41,48,55,57-58H,7-20,25-30,33H2,1-6H3,(H,51,63)(H,52,62)/t34?,35-,36-,41-,48+/m1/s1. The van der Waals surface area contributed by atoms with Crippen molar-refractivity contribution in [1.29, 1.82) is 0 Å². The Bertz CT molecular complexity index is 1820. The van der Waals surface area contributed by atoms with Crippen LogP contribution in [0.1, 0.15) is 160 Å². The van der Waals surface area contributed by atoms with Gasteiger partial charge in [0.1, 0.15) is 29.4 Å². The highest BCUT2D eigenvalue weighted by molar-refractivity contribution is 5.94. The first-order valence-corrected chi connectivity index (χ1v) is 23.5. The monoisotopic (exact) mass is 877 g/mol. The molecule has 1 aliphatic heterocycles. The van der Waals surface area contributed by atoms with Crippen molar-refractivity contribution in [3.8, 4) is 22.6 Å². The summed E-state index contributed by atoms with van der Waals surface area (Å²) in [5, 5.41) is 37.4. The number of hydrogen-bond acceptors (Lipinski definition) is 9. The van der Waals surface area contributed by atoms with E-state index in [4.69, 9.17) is 0 Å². The second-order valence-corrected chi connectivity index (χ2v) is 17.9. The van der Waals surface area contributed by atoms with Gasteiger partial charge in [-0.05, 0) is 61.6 Å². The SMILES string of the molecule is CCCCCCCCCCCCCCCC(=O)N(C)[C@H](CO)C(=O)NCCC(C)C(=O)CCC(=O)N(C)[C@@H]1C(=O)C[C@@H](C)C(=O)N[C@H](C)Cc2ccc(O)c(c2)-c2cc1ccc2O. The molecule has 4 amide bonds. The van der Waals surface area contributed by atoms with Crippen molar-refractivity contribution in [3.63, 3.8) is 0 Å². The van der Waals surface area contributed by atoms with E-state index in [1.807, 2.05) is 6.92 Å². The lowest BCUT2D eigenvalue weighted by Crippen LogP contribution is -2.50. The Morgan fingerprint density at radius 1 is 0.762 bits per heavy atom. The molecule has 0 radical (unpaired) electrons. The number of fused-ring (bicyclic) bond motifs is 5. The van der Waals surface area contributed by atoms with Gasteiger partial charge in [-0.1, -0.05) is 110 Å². The van der Waals surface area contributed by atoms with E-state index in [1.54, 1.807) is 32.0 Å². The van der Waals surface area contributed by atoms with E-state index in [0.29, 0.717) is 24.0 Å². The van der Waals surface area contributed by atoms with Gasteiger partial charge in [0.2, 0.25) is 23.6 Å². The van der Waals surface area contributed by atoms with E-state index >= 15 is 0 Å². The predicted octanol–water partition coefficient (Wildman–Crippen LogP) is 7.71. The van der Waals surface area contributed by atoms with E-state index in [0.717, 1.165) is 31.2 Å². The predicted molar refractivity (Wildman–Crippen MR) is 246 cm³/mol. The molecule has 2 aromatic rings. The average molecular weight is 877 g/mol. The molecule has 1 unspecified atom stereocenters. The number of carbonyl (C=O) groups is 6. The number of benzene rings is 2. The molecule has 0 aliphatic carbocycles. The number of ketones is 2. The molecule has 0 fully saturated rings. The van der Waals surface area contributed by atoms with Gasteiger partial charge in [-0.2, -0.15) is 0 Å². The lowest BCUT2D eigenvalue weighted by atomic mass is 9.90. The summed E-state index contributed by atoms with van der Waals surface area (Å²) in [6.07, 6.45) is 16.1. The molecule has 1 aliphatic rings. The van der Waals surface area contributed by atoms with Gasteiger partial charge in [-0.25, -0.2) is 0 Å². The number of likely N-dealkylation sites (N-methyl/N-ethyl adjacent to an activating group) is 2. The Balaban J connectivity index is 1.50. The lowest BCUT2D eigenvalue weighted by molar-refractivity contribution is -0.140. The van der Waals surface area contributed by atoms with Gasteiger partial charge < -0.3 is 35.8 Å². The fraction of sp³-hybridized carbons (Fsp3) is 0.640. The van der Waals surface area contributed by atoms with Gasteiger partial charge >= 0.3 is 0 Å². The van der Waals surface area contributed by atoms with Crippen LogP contribution in [0.2, 0.25) is 0 Å². The minimum Gasteiger partial charge on any atom is -0.507 e. The number of aliphatic hydroxyl groups is 1. The van der Waals surface area contributed by atoms with Gasteiger partial charge in [-0.3, -0.25) is 28.8 Å². The van der Waals surface area contributed by atoms with Crippen molar-refractivity contribution in [2.75, 3.05) is 27.2 Å². The van der Waals surface area contributed by atoms with Crippen LogP contribution in [0.25, 0.3) is 11.1 Å². The Morgan fingerprint density at radius 2 is 1.33 bits per heavy atom. The van der Waals surface area contributed by atoms with Crippen molar-refractivity contribution in [2.45, 2.75) is 168 Å². The van der Waals surface area contributed by atoms with Gasteiger partial charge in [0.15, 0.2) is 5.78 Å². The summed E-state index contributed by atoms with van der Waals surface area (Å²) in [6.45, 7) is 7.02. The highest BCUT2D eigenvalue weighted by atomic mass is 16.3. The Kier molecular flexibility index (Phi) is 22.9. The summed E-state index contributed by atoms with van der Waals surface area (Å²) in [4.78, 5) is 82.4. The van der Waals surface area contributed by atoms with E-state index in [1.165, 1.54) is 99.9 Å². The number of Topliss-reactive ketones (excluding diaryl/α,β-unsaturated/α-hetero) is 2. The molecule has 13 heteroatoms. The van der Waals surface area contributed by atoms with Gasteiger partial charge in [-0.15, -0.1) is 0 Å². The molecule has 0 saturated heterocycles. The largest absolute Gasteiger partial charge is 0.507 e. The van der Waals surface area contributed by atoms with E-state index in [9.17, 15) is 44.1 Å². The maximum atomic E-state index is 14.0. The van der Waals surface area contributed by atoms with E-state index in [2.05, 4.69) is 17.6 Å². The van der Waals surface area contributed by atoms with Crippen molar-refractivity contribution in [2.24, 2.45) is 11.8 Å². The Hall–Kier alpha value is -4.78. The molecule has 5 atom stereocenters. The lowest BCUT2D eigenvalue weighted by Gasteiger charge is -2.29. The molecule has 350 valence electrons. The Labute approximate surface area is 375 Å². The van der Waals surface area contributed by atoms with Crippen molar-refractivity contribution < 1.29 is 44.1 Å².